The van der Waals surface area contributed by atoms with E-state index in [1.54, 1.807) is 13.0 Å². The molecule has 3 heterocycles. The van der Waals surface area contributed by atoms with E-state index in [1.807, 2.05) is 4.90 Å². The Labute approximate surface area is 198 Å². The highest BCUT2D eigenvalue weighted by atomic mass is 19.4. The number of aromatic nitrogens is 2. The summed E-state index contributed by atoms with van der Waals surface area (Å²) in [5, 5.41) is 3.53. The lowest BCUT2D eigenvalue weighted by Gasteiger charge is -2.29. The first-order valence-corrected chi connectivity index (χ1v) is 10.9. The third-order valence-corrected chi connectivity index (χ3v) is 6.00. The van der Waals surface area contributed by atoms with E-state index < -0.39 is 23.7 Å². The van der Waals surface area contributed by atoms with Crippen LogP contribution in [0.4, 0.5) is 30.4 Å². The Morgan fingerprint density at radius 1 is 1.20 bits per heavy atom. The molecule has 0 unspecified atom stereocenters. The fraction of sp³-hybridized carbons (Fsp3) is 0.348. The van der Waals surface area contributed by atoms with Crippen molar-refractivity contribution in [1.82, 2.24) is 9.55 Å². The number of amides is 1. The van der Waals surface area contributed by atoms with Crippen LogP contribution in [0.2, 0.25) is 0 Å². The number of carbonyl (C=O) groups is 1. The van der Waals surface area contributed by atoms with Crippen LogP contribution in [-0.2, 0) is 18.0 Å². The van der Waals surface area contributed by atoms with Crippen LogP contribution in [0, 0.1) is 0 Å². The number of carbonyl (C=O) groups excluding carboxylic acids is 1. The van der Waals surface area contributed by atoms with Gasteiger partial charge in [-0.05, 0) is 36.8 Å². The third kappa shape index (κ3) is 4.74. The maximum atomic E-state index is 13.3. The van der Waals surface area contributed by atoms with Gasteiger partial charge in [-0.1, -0.05) is 0 Å². The van der Waals surface area contributed by atoms with Crippen LogP contribution < -0.4 is 27.2 Å². The van der Waals surface area contributed by atoms with Crippen LogP contribution in [0.5, 0.6) is 0 Å². The number of rotatable bonds is 5. The largest absolute Gasteiger partial charge is 0.416 e. The molecule has 0 radical (unpaired) electrons. The van der Waals surface area contributed by atoms with Gasteiger partial charge in [0.05, 0.1) is 35.9 Å². The summed E-state index contributed by atoms with van der Waals surface area (Å²) in [4.78, 5) is 31.4. The summed E-state index contributed by atoms with van der Waals surface area (Å²) in [7, 11) is 1.53. The van der Waals surface area contributed by atoms with E-state index in [0.29, 0.717) is 42.9 Å². The molecule has 35 heavy (non-hydrogen) atoms. The minimum atomic E-state index is -4.55. The van der Waals surface area contributed by atoms with Crippen molar-refractivity contribution in [2.24, 2.45) is 12.8 Å². The Hall–Kier alpha value is -3.80. The molecule has 1 amide bonds. The molecule has 9 nitrogen and oxygen atoms in total. The maximum Gasteiger partial charge on any atom is 0.416 e. The number of halogens is 3. The van der Waals surface area contributed by atoms with Crippen LogP contribution in [0.1, 0.15) is 34.5 Å². The molecule has 5 N–H and O–H groups in total. The van der Waals surface area contributed by atoms with Gasteiger partial charge in [0, 0.05) is 37.4 Å². The molecule has 3 aromatic rings. The average Bonchev–Trinajstić information content (AvgIpc) is 2.80. The molecule has 0 aliphatic carbocycles. The van der Waals surface area contributed by atoms with Gasteiger partial charge in [-0.25, -0.2) is 4.98 Å². The lowest BCUT2D eigenvalue weighted by molar-refractivity contribution is -0.137. The first kappa shape index (κ1) is 24.3. The van der Waals surface area contributed by atoms with Gasteiger partial charge < -0.3 is 31.0 Å². The van der Waals surface area contributed by atoms with Gasteiger partial charge in [0.15, 0.2) is 0 Å². The van der Waals surface area contributed by atoms with Gasteiger partial charge in [-0.15, -0.1) is 0 Å². The Morgan fingerprint density at radius 2 is 1.89 bits per heavy atom. The highest BCUT2D eigenvalue weighted by molar-refractivity contribution is 6.07. The van der Waals surface area contributed by atoms with Crippen LogP contribution in [0.25, 0.3) is 10.9 Å². The van der Waals surface area contributed by atoms with Crippen molar-refractivity contribution in [3.05, 3.63) is 57.5 Å². The summed E-state index contributed by atoms with van der Waals surface area (Å²) in [6, 6.07) is 4.32. The number of benzene rings is 1. The molecule has 1 aliphatic heterocycles. The van der Waals surface area contributed by atoms with Crippen molar-refractivity contribution in [2.75, 3.05) is 42.3 Å². The predicted octanol–water partition coefficient (Wildman–Crippen LogP) is 2.64. The number of primary amides is 1. The summed E-state index contributed by atoms with van der Waals surface area (Å²) >= 11 is 0. The van der Waals surface area contributed by atoms with E-state index in [-0.39, 0.29) is 28.1 Å². The number of morpholine rings is 1. The number of aryl methyl sites for hydroxylation is 1. The third-order valence-electron chi connectivity index (χ3n) is 6.00. The number of nitrogens with zero attached hydrogens (tertiary/aromatic N) is 3. The normalized spacial score (nSPS) is 15.3. The van der Waals surface area contributed by atoms with Crippen molar-refractivity contribution >= 4 is 34.0 Å². The van der Waals surface area contributed by atoms with Crippen molar-refractivity contribution in [3.8, 4) is 0 Å². The predicted molar refractivity (Wildman–Crippen MR) is 126 cm³/mol. The second kappa shape index (κ2) is 9.10. The molecule has 4 rings (SSSR count). The second-order valence-electron chi connectivity index (χ2n) is 8.39. The summed E-state index contributed by atoms with van der Waals surface area (Å²) in [5.41, 5.74) is 11.1. The Balaban J connectivity index is 1.84. The van der Waals surface area contributed by atoms with E-state index >= 15 is 0 Å². The van der Waals surface area contributed by atoms with Gasteiger partial charge >= 0.3 is 6.18 Å². The quantitative estimate of drug-likeness (QED) is 0.469. The van der Waals surface area contributed by atoms with Crippen molar-refractivity contribution in [2.45, 2.75) is 19.1 Å². The molecule has 1 atom stereocenters. The smallest absolute Gasteiger partial charge is 0.399 e. The van der Waals surface area contributed by atoms with Gasteiger partial charge in [0.1, 0.15) is 11.5 Å². The second-order valence-corrected chi connectivity index (χ2v) is 8.39. The maximum absolute atomic E-state index is 13.3. The lowest BCUT2D eigenvalue weighted by Crippen LogP contribution is -2.40. The Kier molecular flexibility index (Phi) is 6.32. The molecular weight excluding hydrogens is 465 g/mol. The van der Waals surface area contributed by atoms with Gasteiger partial charge in [-0.3, -0.25) is 9.59 Å². The molecule has 0 spiro atoms. The minimum absolute atomic E-state index is 0.0256. The number of nitrogens with one attached hydrogen (secondary N) is 1. The van der Waals surface area contributed by atoms with E-state index in [4.69, 9.17) is 16.2 Å². The monoisotopic (exact) mass is 490 g/mol. The minimum Gasteiger partial charge on any atom is -0.399 e. The molecule has 1 fully saturated rings. The van der Waals surface area contributed by atoms with E-state index in [2.05, 4.69) is 10.3 Å². The summed E-state index contributed by atoms with van der Waals surface area (Å²) in [6.45, 7) is 3.59. The number of anilines is 3. The standard InChI is InChI=1S/C23H25F3N6O3/c1-12(13-7-14(23(24,25)26)9-15(27)8-13)30-21-16-10-18(32-3-5-35-6-4-32)22(34)31(2)19(16)17(11-29-21)20(28)33/h7-12H,3-6,27H2,1-2H3,(H2,28,33)(H,29,30)/t12-/m1/s1. The fourth-order valence-corrected chi connectivity index (χ4v) is 4.19. The van der Waals surface area contributed by atoms with Crippen LogP contribution in [0.15, 0.2) is 35.3 Å². The first-order valence-electron chi connectivity index (χ1n) is 10.9. The number of ether oxygens (including phenoxy) is 1. The molecule has 1 saturated heterocycles. The SMILES string of the molecule is C[C@@H](Nc1ncc(C(N)=O)c2c1cc(N1CCOCC1)c(=O)n2C)c1cc(N)cc(C(F)(F)F)c1. The van der Waals surface area contributed by atoms with E-state index in [1.165, 1.54) is 23.9 Å². The zero-order valence-corrected chi connectivity index (χ0v) is 19.1. The van der Waals surface area contributed by atoms with Crippen LogP contribution >= 0.6 is 0 Å². The van der Waals surface area contributed by atoms with E-state index in [9.17, 15) is 22.8 Å². The fourth-order valence-electron chi connectivity index (χ4n) is 4.19. The number of hydrogen-bond donors (Lipinski definition) is 3. The van der Waals surface area contributed by atoms with Gasteiger partial charge in [0.2, 0.25) is 0 Å². The number of alkyl halides is 3. The molecule has 1 aromatic carbocycles. The zero-order valence-electron chi connectivity index (χ0n) is 19.1. The first-order chi connectivity index (χ1) is 16.5. The Morgan fingerprint density at radius 3 is 2.51 bits per heavy atom. The Bertz CT molecular complexity index is 1350. The molecule has 0 bridgehead atoms. The molecule has 186 valence electrons. The van der Waals surface area contributed by atoms with Crippen molar-refractivity contribution in [1.29, 1.82) is 0 Å². The van der Waals surface area contributed by atoms with Crippen LogP contribution in [0.3, 0.4) is 0 Å². The number of nitrogen functional groups attached to an aromatic ring is 1. The van der Waals surface area contributed by atoms with Gasteiger partial charge in [-0.2, -0.15) is 13.2 Å². The molecule has 1 aliphatic rings. The summed E-state index contributed by atoms with van der Waals surface area (Å²) in [5.74, 6) is -0.486. The number of nitrogens with two attached hydrogens (primary N) is 2. The van der Waals surface area contributed by atoms with E-state index in [0.717, 1.165) is 12.1 Å². The topological polar surface area (TPSA) is 128 Å². The van der Waals surface area contributed by atoms with Gasteiger partial charge in [0.25, 0.3) is 11.5 Å². The summed E-state index contributed by atoms with van der Waals surface area (Å²) in [6.07, 6.45) is -3.31. The number of hydrogen-bond acceptors (Lipinski definition) is 7. The average molecular weight is 490 g/mol. The molecule has 0 saturated carbocycles. The molecular formula is C23H25F3N6O3. The zero-order chi connectivity index (χ0) is 25.5. The number of fused-ring (bicyclic) bond motifs is 1. The van der Waals surface area contributed by atoms with Crippen LogP contribution in [-0.4, -0.2) is 41.8 Å². The van der Waals surface area contributed by atoms with Crippen molar-refractivity contribution in [3.63, 3.8) is 0 Å². The highest BCUT2D eigenvalue weighted by Crippen LogP contribution is 2.34. The molecule has 12 heteroatoms. The number of pyridine rings is 2. The highest BCUT2D eigenvalue weighted by Gasteiger charge is 2.31. The van der Waals surface area contributed by atoms with Crippen molar-refractivity contribution < 1.29 is 22.7 Å². The molecule has 2 aromatic heterocycles. The summed E-state index contributed by atoms with van der Waals surface area (Å²) < 4.78 is 46.6. The lowest BCUT2D eigenvalue weighted by atomic mass is 10.0.